The first-order valence-electron chi connectivity index (χ1n) is 9.68. The Bertz CT molecular complexity index is 1090. The van der Waals surface area contributed by atoms with Crippen LogP contribution in [0.15, 0.2) is 42.5 Å². The summed E-state index contributed by atoms with van der Waals surface area (Å²) in [6.45, 7) is 1.81. The lowest BCUT2D eigenvalue weighted by atomic mass is 10.1. The Kier molecular flexibility index (Phi) is 5.74. The number of nitrogens with zero attached hydrogens (tertiary/aromatic N) is 4. The third-order valence-corrected chi connectivity index (χ3v) is 6.36. The molecule has 0 spiro atoms. The van der Waals surface area contributed by atoms with Gasteiger partial charge in [-0.3, -0.25) is 4.79 Å². The summed E-state index contributed by atoms with van der Waals surface area (Å²) >= 11 is 1.31. The molecule has 0 radical (unpaired) electrons. The number of halogens is 4. The first-order valence-corrected chi connectivity index (χ1v) is 10.5. The first-order chi connectivity index (χ1) is 14.7. The van der Waals surface area contributed by atoms with Gasteiger partial charge in [-0.1, -0.05) is 23.5 Å². The highest BCUT2D eigenvalue weighted by Crippen LogP contribution is 2.32. The molecule has 2 aromatic carbocycles. The SMILES string of the molecule is CN(CC(=O)N1CCN(c2cccc(C(F)(F)F)c2)CC1)c1nc2c(F)cccc2s1. The first kappa shape index (κ1) is 21.4. The molecular formula is C21H20F4N4OS. The number of piperazine rings is 1. The molecule has 1 amide bonds. The molecule has 0 N–H and O–H groups in total. The predicted octanol–water partition coefficient (Wildman–Crippen LogP) is 4.24. The van der Waals surface area contributed by atoms with Gasteiger partial charge in [0.2, 0.25) is 5.91 Å². The van der Waals surface area contributed by atoms with Gasteiger partial charge in [-0.15, -0.1) is 0 Å². The molecule has 1 aliphatic heterocycles. The summed E-state index contributed by atoms with van der Waals surface area (Å²) in [6, 6.07) is 9.97. The fraction of sp³-hybridized carbons (Fsp3) is 0.333. The van der Waals surface area contributed by atoms with Gasteiger partial charge in [-0.05, 0) is 30.3 Å². The third-order valence-electron chi connectivity index (χ3n) is 5.23. The zero-order chi connectivity index (χ0) is 22.2. The van der Waals surface area contributed by atoms with Gasteiger partial charge in [0.25, 0.3) is 0 Å². The van der Waals surface area contributed by atoms with Crippen LogP contribution < -0.4 is 9.80 Å². The van der Waals surface area contributed by atoms with Gasteiger partial charge in [0.05, 0.1) is 16.8 Å². The van der Waals surface area contributed by atoms with Crippen LogP contribution in [0.3, 0.4) is 0 Å². The maximum absolute atomic E-state index is 13.9. The number of carbonyl (C=O) groups is 1. The van der Waals surface area contributed by atoms with E-state index < -0.39 is 17.6 Å². The molecular weight excluding hydrogens is 432 g/mol. The standard InChI is InChI=1S/C21H20F4N4OS/c1-27(20-26-19-16(22)6-3-7-17(19)31-20)13-18(30)29-10-8-28(9-11-29)15-5-2-4-14(12-15)21(23,24)25/h2-7,12H,8-11,13H2,1H3. The molecule has 1 saturated heterocycles. The maximum Gasteiger partial charge on any atom is 0.416 e. The molecule has 10 heteroatoms. The van der Waals surface area contributed by atoms with Gasteiger partial charge in [0.1, 0.15) is 11.3 Å². The van der Waals surface area contributed by atoms with Gasteiger partial charge in [-0.2, -0.15) is 13.2 Å². The van der Waals surface area contributed by atoms with Crippen molar-refractivity contribution in [3.8, 4) is 0 Å². The third kappa shape index (κ3) is 4.58. The predicted molar refractivity (Wildman–Crippen MR) is 113 cm³/mol. The fourth-order valence-corrected chi connectivity index (χ4v) is 4.47. The summed E-state index contributed by atoms with van der Waals surface area (Å²) in [4.78, 5) is 22.2. The minimum atomic E-state index is -4.39. The van der Waals surface area contributed by atoms with Crippen LogP contribution in [0.25, 0.3) is 10.2 Å². The lowest BCUT2D eigenvalue weighted by Gasteiger charge is -2.37. The number of thiazole rings is 1. The van der Waals surface area contributed by atoms with E-state index in [1.165, 1.54) is 23.5 Å². The van der Waals surface area contributed by atoms with Crippen molar-refractivity contribution in [3.05, 3.63) is 53.8 Å². The van der Waals surface area contributed by atoms with Crippen LogP contribution in [0.5, 0.6) is 0 Å². The smallest absolute Gasteiger partial charge is 0.368 e. The Labute approximate surface area is 180 Å². The van der Waals surface area contributed by atoms with Gasteiger partial charge in [0.15, 0.2) is 5.13 Å². The van der Waals surface area contributed by atoms with Gasteiger partial charge in [-0.25, -0.2) is 9.37 Å². The lowest BCUT2D eigenvalue weighted by molar-refractivity contribution is -0.137. The van der Waals surface area contributed by atoms with E-state index in [2.05, 4.69) is 4.98 Å². The van der Waals surface area contributed by atoms with Crippen LogP contribution in [-0.4, -0.2) is 55.6 Å². The molecule has 5 nitrogen and oxygen atoms in total. The molecule has 1 fully saturated rings. The number of aromatic nitrogens is 1. The van der Waals surface area contributed by atoms with Gasteiger partial charge in [0, 0.05) is 38.9 Å². The summed E-state index contributed by atoms with van der Waals surface area (Å²) in [7, 11) is 1.73. The van der Waals surface area contributed by atoms with E-state index in [4.69, 9.17) is 0 Å². The summed E-state index contributed by atoms with van der Waals surface area (Å²) in [6.07, 6.45) is -4.39. The molecule has 0 saturated carbocycles. The largest absolute Gasteiger partial charge is 0.416 e. The normalized spacial score (nSPS) is 14.9. The Morgan fingerprint density at radius 3 is 2.52 bits per heavy atom. The highest BCUT2D eigenvalue weighted by atomic mass is 32.1. The maximum atomic E-state index is 13.9. The Balaban J connectivity index is 1.36. The molecule has 3 aromatic rings. The molecule has 0 unspecified atom stereocenters. The highest BCUT2D eigenvalue weighted by Gasteiger charge is 2.31. The average Bonchev–Trinajstić information content (AvgIpc) is 3.19. The summed E-state index contributed by atoms with van der Waals surface area (Å²) in [5, 5.41) is 0.552. The van der Waals surface area contributed by atoms with Crippen molar-refractivity contribution >= 4 is 38.3 Å². The second-order valence-electron chi connectivity index (χ2n) is 7.36. The van der Waals surface area contributed by atoms with Crippen molar-refractivity contribution in [2.75, 3.05) is 49.6 Å². The van der Waals surface area contributed by atoms with E-state index in [1.807, 2.05) is 4.90 Å². The van der Waals surface area contributed by atoms with Crippen molar-refractivity contribution in [1.29, 1.82) is 0 Å². The molecule has 1 aromatic heterocycles. The number of amides is 1. The lowest BCUT2D eigenvalue weighted by Crippen LogP contribution is -2.51. The zero-order valence-electron chi connectivity index (χ0n) is 16.7. The Morgan fingerprint density at radius 2 is 1.84 bits per heavy atom. The number of likely N-dealkylation sites (N-methyl/N-ethyl adjacent to an activating group) is 1. The summed E-state index contributed by atoms with van der Waals surface area (Å²) in [5.41, 5.74) is 0.101. The number of rotatable bonds is 4. The summed E-state index contributed by atoms with van der Waals surface area (Å²) in [5.74, 6) is -0.503. The van der Waals surface area contributed by atoms with Crippen LogP contribution in [0.2, 0.25) is 0 Å². The van der Waals surface area contributed by atoms with Crippen LogP contribution in [0.1, 0.15) is 5.56 Å². The second-order valence-corrected chi connectivity index (χ2v) is 8.36. The van der Waals surface area contributed by atoms with Crippen molar-refractivity contribution in [1.82, 2.24) is 9.88 Å². The van der Waals surface area contributed by atoms with Crippen LogP contribution >= 0.6 is 11.3 Å². The fourth-order valence-electron chi connectivity index (χ4n) is 3.53. The molecule has 0 bridgehead atoms. The average molecular weight is 452 g/mol. The van der Waals surface area contributed by atoms with Crippen molar-refractivity contribution < 1.29 is 22.4 Å². The van der Waals surface area contributed by atoms with E-state index in [9.17, 15) is 22.4 Å². The molecule has 0 atom stereocenters. The van der Waals surface area contributed by atoms with Crippen molar-refractivity contribution in [2.45, 2.75) is 6.18 Å². The van der Waals surface area contributed by atoms with E-state index in [0.29, 0.717) is 41.7 Å². The van der Waals surface area contributed by atoms with Gasteiger partial charge < -0.3 is 14.7 Å². The number of benzene rings is 2. The quantitative estimate of drug-likeness (QED) is 0.556. The Morgan fingerprint density at radius 1 is 1.13 bits per heavy atom. The number of hydrogen-bond acceptors (Lipinski definition) is 5. The molecule has 164 valence electrons. The van der Waals surface area contributed by atoms with Crippen molar-refractivity contribution in [2.24, 2.45) is 0 Å². The van der Waals surface area contributed by atoms with Crippen LogP contribution in [-0.2, 0) is 11.0 Å². The molecule has 4 rings (SSSR count). The molecule has 2 heterocycles. The van der Waals surface area contributed by atoms with E-state index in [0.717, 1.165) is 12.1 Å². The monoisotopic (exact) mass is 452 g/mol. The van der Waals surface area contributed by atoms with Crippen LogP contribution in [0.4, 0.5) is 28.4 Å². The number of hydrogen-bond donors (Lipinski definition) is 0. The van der Waals surface area contributed by atoms with Crippen LogP contribution in [0, 0.1) is 5.82 Å². The highest BCUT2D eigenvalue weighted by molar-refractivity contribution is 7.22. The molecule has 1 aliphatic rings. The molecule has 0 aliphatic carbocycles. The zero-order valence-corrected chi connectivity index (χ0v) is 17.5. The van der Waals surface area contributed by atoms with Gasteiger partial charge >= 0.3 is 6.18 Å². The minimum absolute atomic E-state index is 0.0883. The summed E-state index contributed by atoms with van der Waals surface area (Å²) < 4.78 is 53.4. The van der Waals surface area contributed by atoms with Crippen molar-refractivity contribution in [3.63, 3.8) is 0 Å². The number of anilines is 2. The van der Waals surface area contributed by atoms with E-state index >= 15 is 0 Å². The molecule has 31 heavy (non-hydrogen) atoms. The number of alkyl halides is 3. The number of carbonyl (C=O) groups excluding carboxylic acids is 1. The minimum Gasteiger partial charge on any atom is -0.368 e. The number of para-hydroxylation sites is 1. The number of fused-ring (bicyclic) bond motifs is 1. The second kappa shape index (κ2) is 8.33. The topological polar surface area (TPSA) is 39.7 Å². The van der Waals surface area contributed by atoms with E-state index in [1.54, 1.807) is 35.0 Å². The van der Waals surface area contributed by atoms with E-state index in [-0.39, 0.29) is 18.0 Å². The Hall–Kier alpha value is -2.88.